The number of aryl methyl sites for hydroxylation is 1. The number of hydrogen-bond donors (Lipinski definition) is 0. The highest BCUT2D eigenvalue weighted by Gasteiger charge is 2.18. The predicted molar refractivity (Wildman–Crippen MR) is 84.6 cm³/mol. The Morgan fingerprint density at radius 1 is 0.789 bits per heavy atom. The van der Waals surface area contributed by atoms with Crippen LogP contribution in [0, 0.1) is 0 Å². The van der Waals surface area contributed by atoms with Crippen LogP contribution >= 0.6 is 11.8 Å². The minimum Gasteiger partial charge on any atom is -0.125 e. The lowest BCUT2D eigenvalue weighted by atomic mass is 9.92. The quantitative estimate of drug-likeness (QED) is 0.390. The fraction of sp³-hybridized carbons (Fsp3) is 0.111. The Balaban J connectivity index is 2.16. The Hall–Kier alpha value is -1.73. The van der Waals surface area contributed by atoms with Gasteiger partial charge in [0.15, 0.2) is 0 Å². The molecule has 0 saturated heterocycles. The zero-order chi connectivity index (χ0) is 12.4. The largest absolute Gasteiger partial charge is 0.125 e. The van der Waals surface area contributed by atoms with Gasteiger partial charge >= 0.3 is 0 Å². The summed E-state index contributed by atoms with van der Waals surface area (Å²) in [5.74, 6) is 1.23. The number of fused-ring (bicyclic) bond motifs is 2. The summed E-state index contributed by atoms with van der Waals surface area (Å²) < 4.78 is 0. The normalized spacial score (nSPS) is 14.7. The van der Waals surface area contributed by atoms with Gasteiger partial charge in [-0.25, -0.2) is 0 Å². The molecule has 1 heteroatoms. The summed E-state index contributed by atoms with van der Waals surface area (Å²) in [7, 11) is 0. The SMILES string of the molecule is c1cc2ccc3cc4c(c5ccc(c1)c2c35)SCC4. The maximum absolute atomic E-state index is 2.41. The molecule has 0 nitrogen and oxygen atoms in total. The zero-order valence-corrected chi connectivity index (χ0v) is 11.3. The second kappa shape index (κ2) is 3.43. The van der Waals surface area contributed by atoms with Gasteiger partial charge in [-0.1, -0.05) is 42.5 Å². The van der Waals surface area contributed by atoms with Gasteiger partial charge in [0.05, 0.1) is 0 Å². The number of rotatable bonds is 0. The Labute approximate surface area is 115 Å². The van der Waals surface area contributed by atoms with Gasteiger partial charge < -0.3 is 0 Å². The van der Waals surface area contributed by atoms with Gasteiger partial charge in [0.1, 0.15) is 0 Å². The molecular formula is C18H12S. The fourth-order valence-electron chi connectivity index (χ4n) is 3.46. The first kappa shape index (κ1) is 10.1. The highest BCUT2D eigenvalue weighted by molar-refractivity contribution is 7.99. The number of hydrogen-bond acceptors (Lipinski definition) is 1. The van der Waals surface area contributed by atoms with Crippen molar-refractivity contribution in [2.75, 3.05) is 5.75 Å². The fourth-order valence-corrected chi connectivity index (χ4v) is 4.66. The van der Waals surface area contributed by atoms with Crippen LogP contribution in [-0.4, -0.2) is 5.75 Å². The molecule has 0 aromatic heterocycles. The molecule has 0 atom stereocenters. The predicted octanol–water partition coefficient (Wildman–Crippen LogP) is 5.23. The summed E-state index contributed by atoms with van der Waals surface area (Å²) >= 11 is 2.02. The van der Waals surface area contributed by atoms with Crippen molar-refractivity contribution in [1.82, 2.24) is 0 Å². The van der Waals surface area contributed by atoms with Crippen LogP contribution in [0.25, 0.3) is 32.3 Å². The van der Waals surface area contributed by atoms with Crippen LogP contribution in [0.2, 0.25) is 0 Å². The Kier molecular flexibility index (Phi) is 1.82. The lowest BCUT2D eigenvalue weighted by molar-refractivity contribution is 1.16. The van der Waals surface area contributed by atoms with E-state index in [1.54, 1.807) is 0 Å². The molecule has 4 aromatic rings. The van der Waals surface area contributed by atoms with E-state index in [4.69, 9.17) is 0 Å². The molecule has 1 aliphatic rings. The summed E-state index contributed by atoms with van der Waals surface area (Å²) in [6.45, 7) is 0. The lowest BCUT2D eigenvalue weighted by Gasteiger charge is -2.13. The van der Waals surface area contributed by atoms with Crippen molar-refractivity contribution in [3.8, 4) is 0 Å². The summed E-state index contributed by atoms with van der Waals surface area (Å²) in [5.41, 5.74) is 1.54. The Morgan fingerprint density at radius 2 is 1.58 bits per heavy atom. The van der Waals surface area contributed by atoms with Crippen molar-refractivity contribution in [1.29, 1.82) is 0 Å². The first-order valence-electron chi connectivity index (χ1n) is 6.74. The van der Waals surface area contributed by atoms with Crippen molar-refractivity contribution in [3.63, 3.8) is 0 Å². The first-order valence-corrected chi connectivity index (χ1v) is 7.72. The molecule has 0 N–H and O–H groups in total. The summed E-state index contributed by atoms with van der Waals surface area (Å²) in [6.07, 6.45) is 1.22. The molecule has 90 valence electrons. The summed E-state index contributed by atoms with van der Waals surface area (Å²) in [4.78, 5) is 1.52. The van der Waals surface area contributed by atoms with Gasteiger partial charge in [0, 0.05) is 10.6 Å². The van der Waals surface area contributed by atoms with E-state index in [0.29, 0.717) is 0 Å². The van der Waals surface area contributed by atoms with Crippen molar-refractivity contribution in [2.45, 2.75) is 11.3 Å². The van der Waals surface area contributed by atoms with Crippen LogP contribution in [0.1, 0.15) is 5.56 Å². The number of benzene rings is 4. The van der Waals surface area contributed by atoms with E-state index in [-0.39, 0.29) is 0 Å². The van der Waals surface area contributed by atoms with Gasteiger partial charge in [-0.3, -0.25) is 0 Å². The third kappa shape index (κ3) is 1.21. The summed E-state index contributed by atoms with van der Waals surface area (Å²) in [5, 5.41) is 8.48. The zero-order valence-electron chi connectivity index (χ0n) is 10.4. The highest BCUT2D eigenvalue weighted by Crippen LogP contribution is 2.43. The van der Waals surface area contributed by atoms with Gasteiger partial charge in [0.2, 0.25) is 0 Å². The molecule has 19 heavy (non-hydrogen) atoms. The van der Waals surface area contributed by atoms with Gasteiger partial charge in [-0.2, -0.15) is 0 Å². The number of thioether (sulfide) groups is 1. The standard InChI is InChI=1S/C18H12S/c1-2-11-4-5-13-10-14-8-9-19-18(14)15-7-6-12(3-1)16(11)17(13)15/h1-7,10H,8-9H2. The van der Waals surface area contributed by atoms with Crippen molar-refractivity contribution < 1.29 is 0 Å². The topological polar surface area (TPSA) is 0 Å². The molecule has 0 bridgehead atoms. The molecule has 0 radical (unpaired) electrons. The van der Waals surface area contributed by atoms with E-state index in [0.717, 1.165) is 0 Å². The molecular weight excluding hydrogens is 248 g/mol. The minimum absolute atomic E-state index is 1.22. The van der Waals surface area contributed by atoms with Crippen LogP contribution < -0.4 is 0 Å². The van der Waals surface area contributed by atoms with Crippen molar-refractivity contribution >= 4 is 44.1 Å². The van der Waals surface area contributed by atoms with Gasteiger partial charge in [0.25, 0.3) is 0 Å². The highest BCUT2D eigenvalue weighted by atomic mass is 32.2. The molecule has 0 spiro atoms. The smallest absolute Gasteiger partial charge is 0.0184 e. The molecule has 0 fully saturated rings. The van der Waals surface area contributed by atoms with Crippen molar-refractivity contribution in [2.24, 2.45) is 0 Å². The Bertz CT molecular complexity index is 921. The Morgan fingerprint density at radius 3 is 2.47 bits per heavy atom. The average Bonchev–Trinajstić information content (AvgIpc) is 2.92. The monoisotopic (exact) mass is 260 g/mol. The van der Waals surface area contributed by atoms with E-state index < -0.39 is 0 Å². The lowest BCUT2D eigenvalue weighted by Crippen LogP contribution is -1.87. The molecule has 5 rings (SSSR count). The molecule has 0 saturated carbocycles. The van der Waals surface area contributed by atoms with E-state index in [9.17, 15) is 0 Å². The summed E-state index contributed by atoms with van der Waals surface area (Å²) in [6, 6.07) is 18.2. The molecule has 4 aromatic carbocycles. The molecule has 1 heterocycles. The second-order valence-corrected chi connectivity index (χ2v) is 6.42. The third-order valence-electron chi connectivity index (χ3n) is 4.29. The second-order valence-electron chi connectivity index (χ2n) is 5.32. The average molecular weight is 260 g/mol. The van der Waals surface area contributed by atoms with Crippen LogP contribution in [0.15, 0.2) is 53.4 Å². The van der Waals surface area contributed by atoms with Crippen LogP contribution in [0.3, 0.4) is 0 Å². The van der Waals surface area contributed by atoms with Crippen molar-refractivity contribution in [3.05, 3.63) is 54.1 Å². The molecule has 1 aliphatic heterocycles. The van der Waals surface area contributed by atoms with Crippen LogP contribution in [-0.2, 0) is 6.42 Å². The molecule has 0 aliphatic carbocycles. The van der Waals surface area contributed by atoms with E-state index in [2.05, 4.69) is 48.5 Å². The van der Waals surface area contributed by atoms with Crippen LogP contribution in [0.4, 0.5) is 0 Å². The third-order valence-corrected chi connectivity index (χ3v) is 5.47. The van der Waals surface area contributed by atoms with E-state index >= 15 is 0 Å². The minimum atomic E-state index is 1.22. The van der Waals surface area contributed by atoms with E-state index in [1.807, 2.05) is 11.8 Å². The van der Waals surface area contributed by atoms with Crippen LogP contribution in [0.5, 0.6) is 0 Å². The molecule has 0 unspecified atom stereocenters. The first-order chi connectivity index (χ1) is 9.42. The van der Waals surface area contributed by atoms with Gasteiger partial charge in [-0.15, -0.1) is 11.8 Å². The van der Waals surface area contributed by atoms with E-state index in [1.165, 1.54) is 54.9 Å². The maximum atomic E-state index is 2.41. The molecule has 0 amide bonds. The maximum Gasteiger partial charge on any atom is 0.0184 e. The van der Waals surface area contributed by atoms with Gasteiger partial charge in [-0.05, 0) is 50.4 Å².